The fourth-order valence-corrected chi connectivity index (χ4v) is 1.65. The average Bonchev–Trinajstić information content (AvgIpc) is 2.56. The van der Waals surface area contributed by atoms with Crippen LogP contribution >= 0.6 is 0 Å². The Kier molecular flexibility index (Phi) is 7.72. The Balaban J connectivity index is 3.06. The average molecular weight is 397 g/mol. The van der Waals surface area contributed by atoms with E-state index in [9.17, 15) is 19.5 Å². The predicted molar refractivity (Wildman–Crippen MR) is 96.6 cm³/mol. The molecule has 2 amide bonds. The van der Waals surface area contributed by atoms with Crippen molar-refractivity contribution in [2.45, 2.75) is 33.3 Å². The molecule has 0 saturated heterocycles. The van der Waals surface area contributed by atoms with Crippen LogP contribution in [0.1, 0.15) is 27.7 Å². The lowest BCUT2D eigenvalue weighted by Crippen LogP contribution is -2.41. The molecule has 1 N–H and O–H groups in total. The van der Waals surface area contributed by atoms with Crippen LogP contribution in [0.2, 0.25) is 0 Å². The summed E-state index contributed by atoms with van der Waals surface area (Å²) in [7, 11) is 1.30. The summed E-state index contributed by atoms with van der Waals surface area (Å²) in [6.45, 7) is 9.56. The minimum atomic E-state index is -1.65. The summed E-state index contributed by atoms with van der Waals surface area (Å²) in [5, 5.41) is 9.39. The van der Waals surface area contributed by atoms with Crippen molar-refractivity contribution in [3.63, 3.8) is 0 Å². The Morgan fingerprint density at radius 2 is 1.79 bits per heavy atom. The molecule has 11 nitrogen and oxygen atoms in total. The second-order valence-corrected chi connectivity index (χ2v) is 6.47. The van der Waals surface area contributed by atoms with E-state index in [1.807, 2.05) is 0 Å². The monoisotopic (exact) mass is 397 g/mol. The van der Waals surface area contributed by atoms with E-state index in [0.717, 1.165) is 0 Å². The molecule has 1 aromatic rings. The van der Waals surface area contributed by atoms with E-state index in [2.05, 4.69) is 16.5 Å². The highest BCUT2D eigenvalue weighted by Gasteiger charge is 2.31. The Bertz CT molecular complexity index is 757. The van der Waals surface area contributed by atoms with Crippen molar-refractivity contribution in [3.05, 3.63) is 18.2 Å². The summed E-state index contributed by atoms with van der Waals surface area (Å²) in [6.07, 6.45) is -2.83. The molecule has 0 spiro atoms. The third kappa shape index (κ3) is 7.48. The second kappa shape index (κ2) is 9.53. The number of nitrogens with zero attached hydrogens (tertiary/aromatic N) is 3. The van der Waals surface area contributed by atoms with Crippen molar-refractivity contribution in [1.82, 2.24) is 9.97 Å². The lowest BCUT2D eigenvalue weighted by molar-refractivity contribution is -0.140. The molecule has 1 rings (SSSR count). The first-order valence-corrected chi connectivity index (χ1v) is 8.05. The molecule has 1 heterocycles. The van der Waals surface area contributed by atoms with E-state index in [0.29, 0.717) is 5.57 Å². The van der Waals surface area contributed by atoms with Crippen molar-refractivity contribution >= 4 is 24.1 Å². The molecule has 0 aliphatic heterocycles. The number of esters is 1. The number of hydrogen-bond donors (Lipinski definition) is 1. The second-order valence-electron chi connectivity index (χ2n) is 6.47. The van der Waals surface area contributed by atoms with E-state index in [-0.39, 0.29) is 29.9 Å². The molecule has 0 radical (unpaired) electrons. The first kappa shape index (κ1) is 22.7. The quantitative estimate of drug-likeness (QED) is 0.539. The van der Waals surface area contributed by atoms with Gasteiger partial charge in [0.25, 0.3) is 5.95 Å². The molecule has 1 aromatic heterocycles. The molecule has 0 saturated carbocycles. The van der Waals surface area contributed by atoms with E-state index in [1.54, 1.807) is 20.8 Å². The number of carbonyl (C=O) groups excluding carboxylic acids is 2. The van der Waals surface area contributed by atoms with Crippen molar-refractivity contribution in [1.29, 1.82) is 0 Å². The first-order chi connectivity index (χ1) is 12.9. The van der Waals surface area contributed by atoms with Crippen LogP contribution in [-0.2, 0) is 14.3 Å². The number of ether oxygens (including phenoxy) is 4. The van der Waals surface area contributed by atoms with Gasteiger partial charge in [0.05, 0.1) is 13.2 Å². The summed E-state index contributed by atoms with van der Waals surface area (Å²) < 4.78 is 20.2. The number of carbonyl (C=O) groups is 3. The van der Waals surface area contributed by atoms with Gasteiger partial charge in [-0.1, -0.05) is 6.58 Å². The molecule has 0 fully saturated rings. The summed E-state index contributed by atoms with van der Waals surface area (Å²) in [5.41, 5.74) is -0.506. The van der Waals surface area contributed by atoms with Gasteiger partial charge in [0.15, 0.2) is 0 Å². The zero-order chi connectivity index (χ0) is 21.5. The van der Waals surface area contributed by atoms with Gasteiger partial charge < -0.3 is 24.1 Å². The minimum Gasteiger partial charge on any atom is -0.481 e. The number of aromatic nitrogens is 2. The maximum absolute atomic E-state index is 12.2. The molecule has 11 heteroatoms. The zero-order valence-electron chi connectivity index (χ0n) is 16.3. The topological polar surface area (TPSA) is 137 Å². The van der Waals surface area contributed by atoms with Gasteiger partial charge in [-0.15, -0.1) is 4.90 Å². The number of hydrogen-bond acceptors (Lipinski definition) is 9. The molecule has 28 heavy (non-hydrogen) atoms. The third-order valence-electron chi connectivity index (χ3n) is 2.75. The van der Waals surface area contributed by atoms with Crippen LogP contribution in [0.15, 0.2) is 18.2 Å². The van der Waals surface area contributed by atoms with Gasteiger partial charge >= 0.3 is 18.2 Å². The smallest absolute Gasteiger partial charge is 0.427 e. The molecule has 0 unspecified atom stereocenters. The van der Waals surface area contributed by atoms with Crippen molar-refractivity contribution in [3.8, 4) is 11.8 Å². The van der Waals surface area contributed by atoms with Gasteiger partial charge in [-0.05, 0) is 26.3 Å². The minimum absolute atomic E-state index is 0.0413. The molecule has 0 aliphatic rings. The van der Waals surface area contributed by atoms with Crippen LogP contribution in [0.25, 0.3) is 0 Å². The van der Waals surface area contributed by atoms with Crippen LogP contribution in [0.5, 0.6) is 11.8 Å². The highest BCUT2D eigenvalue weighted by atomic mass is 16.6. The highest BCUT2D eigenvalue weighted by Crippen LogP contribution is 2.22. The molecular weight excluding hydrogens is 374 g/mol. The van der Waals surface area contributed by atoms with E-state index < -0.39 is 29.7 Å². The SMILES string of the molecule is C=C(COC(C)=O)COc1cc(OC)nc(N(C(=O)O)C(=O)OC(C)(C)C)n1. The van der Waals surface area contributed by atoms with Crippen LogP contribution in [0.4, 0.5) is 15.5 Å². The number of anilines is 1. The normalized spacial score (nSPS) is 10.6. The summed E-state index contributed by atoms with van der Waals surface area (Å²) in [5.74, 6) is -1.11. The number of rotatable bonds is 7. The number of carboxylic acid groups (broad SMARTS) is 1. The van der Waals surface area contributed by atoms with Gasteiger partial charge in [-0.25, -0.2) is 9.59 Å². The van der Waals surface area contributed by atoms with Crippen LogP contribution in [0, 0.1) is 0 Å². The van der Waals surface area contributed by atoms with Gasteiger partial charge in [0, 0.05) is 6.92 Å². The van der Waals surface area contributed by atoms with Crippen LogP contribution in [-0.4, -0.2) is 59.2 Å². The van der Waals surface area contributed by atoms with Crippen molar-refractivity contribution in [2.24, 2.45) is 0 Å². The third-order valence-corrected chi connectivity index (χ3v) is 2.75. The maximum Gasteiger partial charge on any atom is 0.427 e. The first-order valence-electron chi connectivity index (χ1n) is 8.05. The fraction of sp³-hybridized carbons (Fsp3) is 0.471. The van der Waals surface area contributed by atoms with Gasteiger partial charge in [0.2, 0.25) is 11.8 Å². The summed E-state index contributed by atoms with van der Waals surface area (Å²) in [6, 6.07) is 1.29. The molecular formula is C17H23N3O8. The highest BCUT2D eigenvalue weighted by molar-refractivity contribution is 6.07. The van der Waals surface area contributed by atoms with Crippen LogP contribution < -0.4 is 14.4 Å². The Morgan fingerprint density at radius 3 is 2.29 bits per heavy atom. The largest absolute Gasteiger partial charge is 0.481 e. The zero-order valence-corrected chi connectivity index (χ0v) is 16.3. The van der Waals surface area contributed by atoms with Crippen molar-refractivity contribution in [2.75, 3.05) is 25.2 Å². The molecule has 0 aromatic carbocycles. The molecule has 0 atom stereocenters. The molecule has 0 bridgehead atoms. The Morgan fingerprint density at radius 1 is 1.18 bits per heavy atom. The maximum atomic E-state index is 12.2. The molecule has 0 aliphatic carbocycles. The number of methoxy groups -OCH3 is 1. The lowest BCUT2D eigenvalue weighted by Gasteiger charge is -2.23. The van der Waals surface area contributed by atoms with Crippen molar-refractivity contribution < 1.29 is 38.4 Å². The summed E-state index contributed by atoms with van der Waals surface area (Å²) >= 11 is 0. The number of imide groups is 1. The van der Waals surface area contributed by atoms with E-state index >= 15 is 0 Å². The van der Waals surface area contributed by atoms with E-state index in [4.69, 9.17) is 18.9 Å². The van der Waals surface area contributed by atoms with E-state index in [1.165, 1.54) is 20.1 Å². The Labute approximate surface area is 161 Å². The number of amides is 2. The standard InChI is InChI=1S/C17H23N3O8/c1-10(8-26-11(2)21)9-27-13-7-12(25-6)18-14(19-13)20(15(22)23)16(24)28-17(3,4)5/h7H,1,8-9H2,2-6H3,(H,22,23). The lowest BCUT2D eigenvalue weighted by atomic mass is 10.2. The van der Waals surface area contributed by atoms with Gasteiger partial charge in [-0.2, -0.15) is 9.97 Å². The fourth-order valence-electron chi connectivity index (χ4n) is 1.65. The molecule has 154 valence electrons. The Hall–Kier alpha value is -3.37. The van der Waals surface area contributed by atoms with Gasteiger partial charge in [-0.3, -0.25) is 4.79 Å². The summed E-state index contributed by atoms with van der Waals surface area (Å²) in [4.78, 5) is 42.6. The van der Waals surface area contributed by atoms with Crippen LogP contribution in [0.3, 0.4) is 0 Å². The van der Waals surface area contributed by atoms with Gasteiger partial charge in [0.1, 0.15) is 18.8 Å². The predicted octanol–water partition coefficient (Wildman–Crippen LogP) is 2.40.